The molecule has 0 bridgehead atoms. The van der Waals surface area contributed by atoms with E-state index in [1.54, 1.807) is 12.1 Å². The van der Waals surface area contributed by atoms with Gasteiger partial charge in [0.15, 0.2) is 0 Å². The van der Waals surface area contributed by atoms with Gasteiger partial charge in [-0.25, -0.2) is 0 Å². The summed E-state index contributed by atoms with van der Waals surface area (Å²) in [6, 6.07) is 6.99. The SMILES string of the molecule is CCCNC(=O)c1cccc(CNC(=O)C2COCCN2)c1. The van der Waals surface area contributed by atoms with Crippen molar-refractivity contribution in [1.82, 2.24) is 16.0 Å². The fourth-order valence-corrected chi connectivity index (χ4v) is 2.21. The lowest BCUT2D eigenvalue weighted by Gasteiger charge is -2.22. The Hall–Kier alpha value is -1.92. The van der Waals surface area contributed by atoms with E-state index in [9.17, 15) is 9.59 Å². The molecule has 0 spiro atoms. The van der Waals surface area contributed by atoms with Crippen LogP contribution in [-0.2, 0) is 16.1 Å². The zero-order chi connectivity index (χ0) is 15.8. The summed E-state index contributed by atoms with van der Waals surface area (Å²) in [5.74, 6) is -0.169. The number of ether oxygens (including phenoxy) is 1. The topological polar surface area (TPSA) is 79.5 Å². The molecular formula is C16H23N3O3. The highest BCUT2D eigenvalue weighted by molar-refractivity contribution is 5.94. The molecular weight excluding hydrogens is 282 g/mol. The van der Waals surface area contributed by atoms with Crippen LogP contribution in [0, 0.1) is 0 Å². The molecule has 1 aliphatic heterocycles. The number of carbonyl (C=O) groups excluding carboxylic acids is 2. The molecule has 0 aliphatic carbocycles. The fourth-order valence-electron chi connectivity index (χ4n) is 2.21. The molecule has 1 heterocycles. The van der Waals surface area contributed by atoms with Crippen LogP contribution in [0.25, 0.3) is 0 Å². The van der Waals surface area contributed by atoms with Crippen LogP contribution < -0.4 is 16.0 Å². The predicted molar refractivity (Wildman–Crippen MR) is 83.5 cm³/mol. The summed E-state index contributed by atoms with van der Waals surface area (Å²) < 4.78 is 5.27. The number of amides is 2. The quantitative estimate of drug-likeness (QED) is 0.712. The minimum atomic E-state index is -0.301. The van der Waals surface area contributed by atoms with Gasteiger partial charge in [0.2, 0.25) is 5.91 Å². The summed E-state index contributed by atoms with van der Waals surface area (Å²) in [7, 11) is 0. The normalized spacial score (nSPS) is 17.8. The van der Waals surface area contributed by atoms with E-state index in [0.29, 0.717) is 38.4 Å². The number of benzene rings is 1. The summed E-state index contributed by atoms with van der Waals surface area (Å²) >= 11 is 0. The Morgan fingerprint density at radius 3 is 2.95 bits per heavy atom. The lowest BCUT2D eigenvalue weighted by atomic mass is 10.1. The van der Waals surface area contributed by atoms with E-state index >= 15 is 0 Å². The van der Waals surface area contributed by atoms with Crippen LogP contribution in [0.2, 0.25) is 0 Å². The van der Waals surface area contributed by atoms with Crippen molar-refractivity contribution >= 4 is 11.8 Å². The molecule has 3 N–H and O–H groups in total. The van der Waals surface area contributed by atoms with Gasteiger partial charge in [0, 0.05) is 25.2 Å². The number of rotatable bonds is 6. The van der Waals surface area contributed by atoms with Crippen LogP contribution in [0.4, 0.5) is 0 Å². The highest BCUT2D eigenvalue weighted by Crippen LogP contribution is 2.05. The van der Waals surface area contributed by atoms with Gasteiger partial charge in [-0.2, -0.15) is 0 Å². The number of hydrogen-bond donors (Lipinski definition) is 3. The second-order valence-electron chi connectivity index (χ2n) is 5.26. The van der Waals surface area contributed by atoms with Crippen molar-refractivity contribution in [2.75, 3.05) is 26.3 Å². The Bertz CT molecular complexity index is 513. The standard InChI is InChI=1S/C16H23N3O3/c1-2-6-18-15(20)13-5-3-4-12(9-13)10-19-16(21)14-11-22-8-7-17-14/h3-5,9,14,17H,2,6-8,10-11H2,1H3,(H,18,20)(H,19,21). The van der Waals surface area contributed by atoms with Crippen molar-refractivity contribution in [2.45, 2.75) is 25.9 Å². The van der Waals surface area contributed by atoms with E-state index in [0.717, 1.165) is 12.0 Å². The van der Waals surface area contributed by atoms with Crippen molar-refractivity contribution in [1.29, 1.82) is 0 Å². The maximum atomic E-state index is 12.0. The van der Waals surface area contributed by atoms with E-state index in [1.807, 2.05) is 19.1 Å². The molecule has 6 nitrogen and oxygen atoms in total. The van der Waals surface area contributed by atoms with Crippen LogP contribution in [0.3, 0.4) is 0 Å². The molecule has 6 heteroatoms. The maximum Gasteiger partial charge on any atom is 0.251 e. The summed E-state index contributed by atoms with van der Waals surface area (Å²) in [5.41, 5.74) is 1.51. The average molecular weight is 305 g/mol. The zero-order valence-corrected chi connectivity index (χ0v) is 12.9. The third-order valence-corrected chi connectivity index (χ3v) is 3.43. The third kappa shape index (κ3) is 4.82. The average Bonchev–Trinajstić information content (AvgIpc) is 2.58. The lowest BCUT2D eigenvalue weighted by Crippen LogP contribution is -2.51. The van der Waals surface area contributed by atoms with Gasteiger partial charge in [-0.1, -0.05) is 19.1 Å². The lowest BCUT2D eigenvalue weighted by molar-refractivity contribution is -0.126. The Morgan fingerprint density at radius 1 is 1.36 bits per heavy atom. The first-order chi connectivity index (χ1) is 10.7. The van der Waals surface area contributed by atoms with Gasteiger partial charge in [0.05, 0.1) is 13.2 Å². The van der Waals surface area contributed by atoms with E-state index in [2.05, 4.69) is 16.0 Å². The molecule has 0 aromatic heterocycles. The second kappa shape index (κ2) is 8.51. The maximum absolute atomic E-state index is 12.0. The Balaban J connectivity index is 1.87. The third-order valence-electron chi connectivity index (χ3n) is 3.43. The van der Waals surface area contributed by atoms with Gasteiger partial charge in [-0.15, -0.1) is 0 Å². The van der Waals surface area contributed by atoms with Crippen LogP contribution >= 0.6 is 0 Å². The summed E-state index contributed by atoms with van der Waals surface area (Å²) in [4.78, 5) is 23.9. The number of hydrogen-bond acceptors (Lipinski definition) is 4. The number of carbonyl (C=O) groups is 2. The molecule has 120 valence electrons. The van der Waals surface area contributed by atoms with Gasteiger partial charge < -0.3 is 20.7 Å². The van der Waals surface area contributed by atoms with Gasteiger partial charge in [0.25, 0.3) is 5.91 Å². The van der Waals surface area contributed by atoms with Crippen molar-refractivity contribution in [3.63, 3.8) is 0 Å². The van der Waals surface area contributed by atoms with Crippen LogP contribution in [-0.4, -0.2) is 44.2 Å². The van der Waals surface area contributed by atoms with Crippen molar-refractivity contribution < 1.29 is 14.3 Å². The molecule has 1 fully saturated rings. The molecule has 22 heavy (non-hydrogen) atoms. The van der Waals surface area contributed by atoms with Gasteiger partial charge in [-0.3, -0.25) is 9.59 Å². The molecule has 1 unspecified atom stereocenters. The summed E-state index contributed by atoms with van der Waals surface area (Å²) in [6.07, 6.45) is 0.901. The molecule has 2 rings (SSSR count). The van der Waals surface area contributed by atoms with Crippen LogP contribution in [0.5, 0.6) is 0 Å². The van der Waals surface area contributed by atoms with Gasteiger partial charge in [0.1, 0.15) is 6.04 Å². The molecule has 1 aliphatic rings. The smallest absolute Gasteiger partial charge is 0.251 e. The van der Waals surface area contributed by atoms with E-state index in [1.165, 1.54) is 0 Å². The first-order valence-electron chi connectivity index (χ1n) is 7.66. The first kappa shape index (κ1) is 16.5. The highest BCUT2D eigenvalue weighted by atomic mass is 16.5. The number of morpholine rings is 1. The molecule has 1 saturated heterocycles. The molecule has 0 radical (unpaired) electrons. The minimum absolute atomic E-state index is 0.0828. The predicted octanol–water partition coefficient (Wildman–Crippen LogP) is 0.431. The largest absolute Gasteiger partial charge is 0.378 e. The zero-order valence-electron chi connectivity index (χ0n) is 12.9. The first-order valence-corrected chi connectivity index (χ1v) is 7.66. The molecule has 1 atom stereocenters. The van der Waals surface area contributed by atoms with E-state index in [4.69, 9.17) is 4.74 Å². The molecule has 1 aromatic carbocycles. The van der Waals surface area contributed by atoms with Crippen LogP contribution in [0.1, 0.15) is 29.3 Å². The number of nitrogens with one attached hydrogen (secondary N) is 3. The van der Waals surface area contributed by atoms with Gasteiger partial charge >= 0.3 is 0 Å². The Morgan fingerprint density at radius 2 is 2.23 bits per heavy atom. The van der Waals surface area contributed by atoms with Crippen molar-refractivity contribution in [2.24, 2.45) is 0 Å². The van der Waals surface area contributed by atoms with Crippen molar-refractivity contribution in [3.8, 4) is 0 Å². The van der Waals surface area contributed by atoms with Gasteiger partial charge in [-0.05, 0) is 24.1 Å². The molecule has 1 aromatic rings. The fraction of sp³-hybridized carbons (Fsp3) is 0.500. The van der Waals surface area contributed by atoms with E-state index < -0.39 is 0 Å². The summed E-state index contributed by atoms with van der Waals surface area (Å²) in [5, 5.41) is 8.81. The van der Waals surface area contributed by atoms with E-state index in [-0.39, 0.29) is 17.9 Å². The second-order valence-corrected chi connectivity index (χ2v) is 5.26. The monoisotopic (exact) mass is 305 g/mol. The Labute approximate surface area is 130 Å². The minimum Gasteiger partial charge on any atom is -0.378 e. The summed E-state index contributed by atoms with van der Waals surface area (Å²) in [6.45, 7) is 4.78. The van der Waals surface area contributed by atoms with Crippen LogP contribution in [0.15, 0.2) is 24.3 Å². The molecule has 2 amide bonds. The molecule has 0 saturated carbocycles. The Kier molecular flexibility index (Phi) is 6.36. The highest BCUT2D eigenvalue weighted by Gasteiger charge is 2.20. The van der Waals surface area contributed by atoms with Crippen molar-refractivity contribution in [3.05, 3.63) is 35.4 Å².